The summed E-state index contributed by atoms with van der Waals surface area (Å²) in [4.78, 5) is 17.6. The van der Waals surface area contributed by atoms with Crippen LogP contribution in [0.25, 0.3) is 0 Å². The number of rotatable bonds is 6. The number of anilines is 1. The van der Waals surface area contributed by atoms with E-state index in [2.05, 4.69) is 30.8 Å². The summed E-state index contributed by atoms with van der Waals surface area (Å²) in [6.07, 6.45) is 8.15. The lowest BCUT2D eigenvalue weighted by Crippen LogP contribution is -2.56. The van der Waals surface area contributed by atoms with Gasteiger partial charge in [-0.3, -0.25) is 4.90 Å². The molecule has 0 bridgehead atoms. The third-order valence-electron chi connectivity index (χ3n) is 5.04. The number of piperazine rings is 1. The van der Waals surface area contributed by atoms with Gasteiger partial charge in [0, 0.05) is 45.5 Å². The predicted molar refractivity (Wildman–Crippen MR) is 120 cm³/mol. The van der Waals surface area contributed by atoms with Crippen LogP contribution in [0.4, 0.5) is 11.5 Å². The van der Waals surface area contributed by atoms with E-state index in [4.69, 9.17) is 20.5 Å². The average Bonchev–Trinajstić information content (AvgIpc) is 2.73. The fourth-order valence-electron chi connectivity index (χ4n) is 3.23. The van der Waals surface area contributed by atoms with E-state index in [9.17, 15) is 0 Å². The first-order valence-corrected chi connectivity index (χ1v) is 9.86. The van der Waals surface area contributed by atoms with Crippen LogP contribution in [0.2, 0.25) is 0 Å². The maximum atomic E-state index is 8.85. The molecule has 0 atom stereocenters. The van der Waals surface area contributed by atoms with Gasteiger partial charge in [0.05, 0.1) is 44.3 Å². The van der Waals surface area contributed by atoms with Crippen molar-refractivity contribution in [3.05, 3.63) is 36.1 Å². The van der Waals surface area contributed by atoms with E-state index in [1.807, 2.05) is 0 Å². The van der Waals surface area contributed by atoms with Gasteiger partial charge in [-0.2, -0.15) is 5.26 Å². The lowest BCUT2D eigenvalue weighted by atomic mass is 10.2. The number of nitrogens with zero attached hydrogens (tertiary/aromatic N) is 6. The van der Waals surface area contributed by atoms with Crippen LogP contribution >= 0.6 is 0 Å². The Kier molecular flexibility index (Phi) is 7.54. The maximum Gasteiger partial charge on any atom is 0.220 e. The number of hydrogen-bond acceptors (Lipinski definition) is 7. The zero-order chi connectivity index (χ0) is 21.3. The van der Waals surface area contributed by atoms with Gasteiger partial charge in [0.25, 0.3) is 0 Å². The molecule has 1 aromatic rings. The molecule has 2 aliphatic rings. The Labute approximate surface area is 178 Å². The first-order valence-electron chi connectivity index (χ1n) is 9.86. The molecule has 9 nitrogen and oxygen atoms in total. The van der Waals surface area contributed by atoms with Crippen LogP contribution < -0.4 is 15.4 Å². The van der Waals surface area contributed by atoms with Crippen molar-refractivity contribution in [1.82, 2.24) is 9.88 Å². The third-order valence-corrected chi connectivity index (χ3v) is 5.04. The molecule has 3 rings (SSSR count). The number of methoxy groups -OCH3 is 1. The Balaban J connectivity index is 0.00000341. The van der Waals surface area contributed by atoms with E-state index in [0.717, 1.165) is 45.2 Å². The molecule has 30 heavy (non-hydrogen) atoms. The summed E-state index contributed by atoms with van der Waals surface area (Å²) < 4.78 is 10.8. The highest BCUT2D eigenvalue weighted by Gasteiger charge is 2.29. The van der Waals surface area contributed by atoms with Crippen LogP contribution in [-0.2, 0) is 4.74 Å². The van der Waals surface area contributed by atoms with E-state index in [-0.39, 0.29) is 7.39 Å². The van der Waals surface area contributed by atoms with Crippen molar-refractivity contribution < 1.29 is 10.9 Å². The van der Waals surface area contributed by atoms with Crippen molar-refractivity contribution in [1.29, 1.82) is 5.26 Å². The summed E-state index contributed by atoms with van der Waals surface area (Å²) in [7, 11) is 1.62. The molecule has 0 saturated carbocycles. The second-order valence-electron chi connectivity index (χ2n) is 6.90. The molecule has 0 aliphatic carbocycles. The van der Waals surface area contributed by atoms with E-state index in [0.29, 0.717) is 23.1 Å². The molecule has 2 aliphatic heterocycles. The minimum atomic E-state index is 0. The van der Waals surface area contributed by atoms with Crippen molar-refractivity contribution in [3.63, 3.8) is 0 Å². The van der Waals surface area contributed by atoms with E-state index in [1.165, 1.54) is 6.21 Å². The quantitative estimate of drug-likeness (QED) is 0.329. The van der Waals surface area contributed by atoms with Gasteiger partial charge in [-0.25, -0.2) is 15.0 Å². The van der Waals surface area contributed by atoms with Gasteiger partial charge in [-0.1, -0.05) is 6.08 Å². The van der Waals surface area contributed by atoms with Gasteiger partial charge in [0.1, 0.15) is 0 Å². The molecule has 2 saturated heterocycles. The van der Waals surface area contributed by atoms with Gasteiger partial charge in [-0.15, -0.1) is 0 Å². The molecule has 3 heterocycles. The number of aromatic nitrogens is 1. The van der Waals surface area contributed by atoms with Crippen molar-refractivity contribution in [3.8, 4) is 11.8 Å². The fourth-order valence-corrected chi connectivity index (χ4v) is 3.23. The van der Waals surface area contributed by atoms with Crippen molar-refractivity contribution in [2.45, 2.75) is 13.0 Å². The third kappa shape index (κ3) is 5.43. The highest BCUT2D eigenvalue weighted by Crippen LogP contribution is 2.30. The largest absolute Gasteiger partial charge is 0.493 e. The van der Waals surface area contributed by atoms with Crippen molar-refractivity contribution in [2.75, 3.05) is 51.4 Å². The second kappa shape index (κ2) is 10.5. The summed E-state index contributed by atoms with van der Waals surface area (Å²) in [5.74, 6) is 1.55. The maximum absolute atomic E-state index is 8.85. The Morgan fingerprint density at radius 1 is 1.40 bits per heavy atom. The van der Waals surface area contributed by atoms with Crippen molar-refractivity contribution in [2.24, 2.45) is 15.7 Å². The Bertz CT molecular complexity index is 895. The highest BCUT2D eigenvalue weighted by molar-refractivity contribution is 5.91. The van der Waals surface area contributed by atoms with Gasteiger partial charge < -0.3 is 20.1 Å². The normalized spacial score (nSPS) is 19.3. The molecule has 160 valence electrons. The van der Waals surface area contributed by atoms with Gasteiger partial charge in [0.2, 0.25) is 5.96 Å². The molecule has 2 N–H and O–H groups in total. The number of aliphatic imine (C=N–C) groups is 2. The zero-order valence-corrected chi connectivity index (χ0v) is 17.4. The van der Waals surface area contributed by atoms with E-state index in [1.54, 1.807) is 44.5 Å². The summed E-state index contributed by atoms with van der Waals surface area (Å²) in [6.45, 7) is 7.20. The fraction of sp³-hybridized carbons (Fsp3) is 0.429. The summed E-state index contributed by atoms with van der Waals surface area (Å²) in [5.41, 5.74) is 6.97. The first-order chi connectivity index (χ1) is 14.6. The van der Waals surface area contributed by atoms with Crippen molar-refractivity contribution >= 4 is 23.7 Å². The van der Waals surface area contributed by atoms with Crippen LogP contribution in [0.15, 0.2) is 46.0 Å². The lowest BCUT2D eigenvalue weighted by molar-refractivity contribution is -0.0661. The average molecular weight is 412 g/mol. The van der Waals surface area contributed by atoms with Gasteiger partial charge >= 0.3 is 0 Å². The monoisotopic (exact) mass is 411 g/mol. The number of allylic oxidation sites excluding steroid dienone is 4. The van der Waals surface area contributed by atoms with Crippen LogP contribution in [0.5, 0.6) is 5.75 Å². The Morgan fingerprint density at radius 3 is 2.77 bits per heavy atom. The van der Waals surface area contributed by atoms with E-state index >= 15 is 0 Å². The predicted octanol–water partition coefficient (Wildman–Crippen LogP) is 1.90. The molecule has 0 unspecified atom stereocenters. The molecule has 0 radical (unpaired) electrons. The standard InChI is InChI=1S/C21H27N7O2.H2/c1-3-16(12-22)5-4-6-24-21(23)26-17-11-19(29-2)20(25-13-17)28-9-7-27(8-10-28)18-14-30-15-18;/h3-6,11,13,18H,7-10,14-15H2,1-2H3,(H2,23,26);1H/b5-4+,16-3-,24-6+;. The molecule has 0 aromatic carbocycles. The van der Waals surface area contributed by atoms with Crippen LogP contribution in [0, 0.1) is 11.3 Å². The van der Waals surface area contributed by atoms with Crippen LogP contribution in [-0.4, -0.2) is 74.6 Å². The molecular weight excluding hydrogens is 382 g/mol. The zero-order valence-electron chi connectivity index (χ0n) is 17.4. The number of nitrogens with two attached hydrogens (primary N) is 1. The number of ether oxygens (including phenoxy) is 2. The smallest absolute Gasteiger partial charge is 0.220 e. The molecule has 9 heteroatoms. The molecule has 1 aromatic heterocycles. The summed E-state index contributed by atoms with van der Waals surface area (Å²) in [6, 6.07) is 4.42. The van der Waals surface area contributed by atoms with E-state index < -0.39 is 0 Å². The lowest BCUT2D eigenvalue weighted by Gasteiger charge is -2.43. The summed E-state index contributed by atoms with van der Waals surface area (Å²) >= 11 is 0. The van der Waals surface area contributed by atoms with Crippen LogP contribution in [0.3, 0.4) is 0 Å². The Morgan fingerprint density at radius 2 is 2.17 bits per heavy atom. The Hall–Kier alpha value is -3.22. The SMILES string of the molecule is C/C=C(C#N)/C=C/C=N/C(N)=Nc1cnc(N2CCN(C3COC3)CC2)c(OC)c1.[HH]. The minimum Gasteiger partial charge on any atom is -0.493 e. The number of pyridine rings is 1. The summed E-state index contributed by atoms with van der Waals surface area (Å²) in [5, 5.41) is 8.85. The highest BCUT2D eigenvalue weighted by atomic mass is 16.5. The second-order valence-corrected chi connectivity index (χ2v) is 6.90. The molecule has 0 spiro atoms. The van der Waals surface area contributed by atoms with Crippen LogP contribution in [0.1, 0.15) is 8.35 Å². The number of nitriles is 1. The molecule has 2 fully saturated rings. The van der Waals surface area contributed by atoms with Gasteiger partial charge in [-0.05, 0) is 19.1 Å². The molecule has 0 amide bonds. The number of hydrogen-bond donors (Lipinski definition) is 1. The minimum absolute atomic E-state index is 0. The first kappa shape index (κ1) is 21.5. The topological polar surface area (TPSA) is 112 Å². The molecular formula is C21H29N7O2. The number of guanidine groups is 1. The van der Waals surface area contributed by atoms with Gasteiger partial charge in [0.15, 0.2) is 11.6 Å².